The van der Waals surface area contributed by atoms with Crippen LogP contribution in [0.25, 0.3) is 0 Å². The van der Waals surface area contributed by atoms with E-state index in [0.29, 0.717) is 31.6 Å². The summed E-state index contributed by atoms with van der Waals surface area (Å²) >= 11 is 0. The van der Waals surface area contributed by atoms with E-state index in [4.69, 9.17) is 37.0 Å². The number of esters is 4. The molecular weight excluding hydrogens is 1330 g/mol. The number of carbonyl (C=O) groups excluding carboxylic acids is 4. The number of phosphoric acid groups is 2. The zero-order valence-electron chi connectivity index (χ0n) is 67.2. The number of hydrogen-bond acceptors (Lipinski definition) is 15. The van der Waals surface area contributed by atoms with Crippen molar-refractivity contribution in [1.82, 2.24) is 0 Å². The Morgan fingerprint density at radius 1 is 0.275 bits per heavy atom. The van der Waals surface area contributed by atoms with Crippen molar-refractivity contribution < 1.29 is 80.2 Å². The van der Waals surface area contributed by atoms with Crippen molar-refractivity contribution in [3.63, 3.8) is 0 Å². The fourth-order valence-corrected chi connectivity index (χ4v) is 14.3. The molecule has 0 aliphatic rings. The summed E-state index contributed by atoms with van der Waals surface area (Å²) in [5.41, 5.74) is 0. The Hall–Kier alpha value is -1.94. The summed E-state index contributed by atoms with van der Waals surface area (Å²) in [5, 5.41) is 10.7. The van der Waals surface area contributed by atoms with Crippen molar-refractivity contribution in [1.29, 1.82) is 0 Å². The van der Waals surface area contributed by atoms with E-state index in [1.165, 1.54) is 225 Å². The molecule has 0 heterocycles. The number of phosphoric ester groups is 2. The summed E-state index contributed by atoms with van der Waals surface area (Å²) in [7, 11) is -9.92. The molecule has 0 saturated carbocycles. The van der Waals surface area contributed by atoms with Gasteiger partial charge in [0, 0.05) is 25.7 Å². The van der Waals surface area contributed by atoms with Gasteiger partial charge in [-0.3, -0.25) is 37.3 Å². The first kappa shape index (κ1) is 100. The van der Waals surface area contributed by atoms with Gasteiger partial charge in [-0.2, -0.15) is 0 Å². The van der Waals surface area contributed by atoms with Crippen molar-refractivity contribution in [3.8, 4) is 0 Å². The molecule has 0 aliphatic heterocycles. The van der Waals surface area contributed by atoms with Gasteiger partial charge in [-0.1, -0.05) is 376 Å². The normalized spacial score (nSPS) is 14.3. The minimum absolute atomic E-state index is 0.106. The summed E-state index contributed by atoms with van der Waals surface area (Å²) in [6.07, 6.45) is 59.8. The SMILES string of the molecule is CCC(C)CCCCCCCCCCCCCCCCC(=O)O[C@H](COC(=O)CCCCCCCCCCCCCCCCCCC(C)C)COP(=O)(O)OC[C@@H](O)COP(=O)(O)OC[C@@H](COC(=O)CCCCCCCCC(C)C)OC(=O)CCCCCCCCCCCCCCCC(C)C. The summed E-state index contributed by atoms with van der Waals surface area (Å²) in [6, 6.07) is 0. The van der Waals surface area contributed by atoms with Crippen LogP contribution in [0.3, 0.4) is 0 Å². The van der Waals surface area contributed by atoms with Gasteiger partial charge in [-0.05, 0) is 49.4 Å². The maximum absolute atomic E-state index is 13.1. The molecule has 0 rings (SSSR count). The van der Waals surface area contributed by atoms with E-state index in [0.717, 1.165) is 114 Å². The molecule has 0 aliphatic carbocycles. The van der Waals surface area contributed by atoms with E-state index in [9.17, 15) is 43.2 Å². The maximum Gasteiger partial charge on any atom is 0.472 e. The molecule has 3 unspecified atom stereocenters. The minimum Gasteiger partial charge on any atom is -0.462 e. The van der Waals surface area contributed by atoms with Gasteiger partial charge in [-0.15, -0.1) is 0 Å². The molecule has 102 heavy (non-hydrogen) atoms. The highest BCUT2D eigenvalue weighted by atomic mass is 31.2. The third kappa shape index (κ3) is 74.9. The van der Waals surface area contributed by atoms with Gasteiger partial charge in [0.1, 0.15) is 19.3 Å². The van der Waals surface area contributed by atoms with Gasteiger partial charge < -0.3 is 33.8 Å². The Morgan fingerprint density at radius 3 is 0.696 bits per heavy atom. The number of aliphatic hydroxyl groups excluding tert-OH is 1. The van der Waals surface area contributed by atoms with E-state index in [1.807, 2.05) is 0 Å². The van der Waals surface area contributed by atoms with E-state index in [-0.39, 0.29) is 25.7 Å². The van der Waals surface area contributed by atoms with Crippen LogP contribution < -0.4 is 0 Å². The second-order valence-electron chi connectivity index (χ2n) is 31.5. The van der Waals surface area contributed by atoms with E-state index >= 15 is 0 Å². The van der Waals surface area contributed by atoms with Crippen molar-refractivity contribution in [3.05, 3.63) is 0 Å². The summed E-state index contributed by atoms with van der Waals surface area (Å²) in [4.78, 5) is 73.1. The lowest BCUT2D eigenvalue weighted by Gasteiger charge is -2.21. The van der Waals surface area contributed by atoms with Crippen LogP contribution in [-0.4, -0.2) is 96.7 Å². The molecule has 0 fully saturated rings. The molecule has 0 radical (unpaired) electrons. The zero-order valence-corrected chi connectivity index (χ0v) is 69.0. The van der Waals surface area contributed by atoms with Gasteiger partial charge in [0.2, 0.25) is 0 Å². The molecular formula is C83H162O17P2. The molecule has 0 spiro atoms. The molecule has 0 aromatic carbocycles. The molecule has 0 saturated heterocycles. The zero-order chi connectivity index (χ0) is 75.3. The number of aliphatic hydroxyl groups is 1. The fourth-order valence-electron chi connectivity index (χ4n) is 12.8. The molecule has 0 bridgehead atoms. The highest BCUT2D eigenvalue weighted by molar-refractivity contribution is 7.47. The Kier molecular flexibility index (Phi) is 70.6. The minimum atomic E-state index is -4.96. The Labute approximate surface area is 626 Å². The smallest absolute Gasteiger partial charge is 0.462 e. The van der Waals surface area contributed by atoms with Crippen molar-refractivity contribution in [2.45, 2.75) is 446 Å². The maximum atomic E-state index is 13.1. The van der Waals surface area contributed by atoms with Gasteiger partial charge in [0.05, 0.1) is 26.4 Å². The van der Waals surface area contributed by atoms with Crippen molar-refractivity contribution >= 4 is 39.5 Å². The average molecular weight is 1490 g/mol. The quantitative estimate of drug-likeness (QED) is 0.0222. The largest absolute Gasteiger partial charge is 0.472 e. The third-order valence-corrected chi connectivity index (χ3v) is 21.6. The molecule has 19 heteroatoms. The molecule has 0 aromatic rings. The molecule has 606 valence electrons. The number of hydrogen-bond donors (Lipinski definition) is 3. The lowest BCUT2D eigenvalue weighted by atomic mass is 9.99. The summed E-state index contributed by atoms with van der Waals surface area (Å²) in [5.74, 6) is 1.01. The fraction of sp³-hybridized carbons (Fsp3) is 0.952. The molecule has 3 N–H and O–H groups in total. The Bertz CT molecular complexity index is 1990. The second-order valence-corrected chi connectivity index (χ2v) is 34.4. The van der Waals surface area contributed by atoms with Gasteiger partial charge in [0.25, 0.3) is 0 Å². The monoisotopic (exact) mass is 1490 g/mol. The van der Waals surface area contributed by atoms with E-state index < -0.39 is 97.5 Å². The number of unbranched alkanes of at least 4 members (excludes halogenated alkanes) is 45. The standard InChI is InChI=1S/C83H162O17P2/c1-9-76(8)62-54-46-37-31-25-19-14-15-21-27-33-39-49-57-65-82(87)99-78(69-93-80(85)63-55-47-38-32-26-20-13-11-10-12-17-23-29-35-43-51-59-73(2)3)71-97-101(89,90)95-67-77(84)68-96-102(91,92)98-72-79(70-94-81(86)64-56-48-42-41-45-53-61-75(6)7)100-83(88)66-58-50-40-34-28-22-16-18-24-30-36-44-52-60-74(4)5/h73-79,84H,9-72H2,1-8H3,(H,89,90)(H,91,92)/t76?,77-,78-,79-/m1/s1. The summed E-state index contributed by atoms with van der Waals surface area (Å²) in [6.45, 7) is 14.3. The molecule has 17 nitrogen and oxygen atoms in total. The molecule has 0 amide bonds. The van der Waals surface area contributed by atoms with Crippen LogP contribution in [0.15, 0.2) is 0 Å². The first-order chi connectivity index (χ1) is 49.1. The van der Waals surface area contributed by atoms with Crippen LogP contribution in [0.4, 0.5) is 0 Å². The second kappa shape index (κ2) is 72.0. The van der Waals surface area contributed by atoms with Gasteiger partial charge >= 0.3 is 39.5 Å². The first-order valence-electron chi connectivity index (χ1n) is 42.7. The van der Waals surface area contributed by atoms with Crippen LogP contribution in [-0.2, 0) is 65.4 Å². The average Bonchev–Trinajstić information content (AvgIpc) is 0.914. The third-order valence-electron chi connectivity index (χ3n) is 19.7. The predicted octanol–water partition coefficient (Wildman–Crippen LogP) is 24.8. The highest BCUT2D eigenvalue weighted by Gasteiger charge is 2.30. The van der Waals surface area contributed by atoms with Crippen molar-refractivity contribution in [2.75, 3.05) is 39.6 Å². The number of ether oxygens (including phenoxy) is 4. The highest BCUT2D eigenvalue weighted by Crippen LogP contribution is 2.45. The predicted molar refractivity (Wildman–Crippen MR) is 418 cm³/mol. The lowest BCUT2D eigenvalue weighted by molar-refractivity contribution is -0.161. The van der Waals surface area contributed by atoms with Gasteiger partial charge in [-0.25, -0.2) is 9.13 Å². The lowest BCUT2D eigenvalue weighted by Crippen LogP contribution is -2.30. The number of rotatable bonds is 80. The first-order valence-corrected chi connectivity index (χ1v) is 45.7. The summed E-state index contributed by atoms with van der Waals surface area (Å²) < 4.78 is 68.8. The van der Waals surface area contributed by atoms with Crippen LogP contribution >= 0.6 is 15.6 Å². The van der Waals surface area contributed by atoms with Gasteiger partial charge in [0.15, 0.2) is 12.2 Å². The van der Waals surface area contributed by atoms with E-state index in [1.54, 1.807) is 0 Å². The molecule has 6 atom stereocenters. The van der Waals surface area contributed by atoms with Crippen LogP contribution in [0, 0.1) is 23.7 Å². The topological polar surface area (TPSA) is 237 Å². The van der Waals surface area contributed by atoms with Crippen molar-refractivity contribution in [2.24, 2.45) is 23.7 Å². The molecule has 0 aromatic heterocycles. The Morgan fingerprint density at radius 2 is 0.471 bits per heavy atom. The Balaban J connectivity index is 5.23. The van der Waals surface area contributed by atoms with Crippen LogP contribution in [0.5, 0.6) is 0 Å². The van der Waals surface area contributed by atoms with E-state index in [2.05, 4.69) is 55.4 Å². The van der Waals surface area contributed by atoms with Crippen LogP contribution in [0.1, 0.15) is 428 Å². The van der Waals surface area contributed by atoms with Crippen LogP contribution in [0.2, 0.25) is 0 Å². The number of carbonyl (C=O) groups is 4.